The number of nitrogens with one attached hydrogen (secondary N) is 1. The molecule has 0 heterocycles. The van der Waals surface area contributed by atoms with Gasteiger partial charge in [-0.05, 0) is 23.8 Å². The molecule has 0 saturated heterocycles. The zero-order valence-electron chi connectivity index (χ0n) is 11.7. The van der Waals surface area contributed by atoms with E-state index in [1.54, 1.807) is 18.2 Å². The maximum absolute atomic E-state index is 11.9. The second-order valence-electron chi connectivity index (χ2n) is 4.36. The van der Waals surface area contributed by atoms with Gasteiger partial charge in [0.2, 0.25) is 5.91 Å². The Morgan fingerprint density at radius 3 is 2.71 bits per heavy atom. The average molecular weight is 279 g/mol. The topological polar surface area (TPSA) is 38.3 Å². The van der Waals surface area contributed by atoms with Crippen LogP contribution in [0.1, 0.15) is 5.56 Å². The van der Waals surface area contributed by atoms with Crippen LogP contribution in [0.15, 0.2) is 73.3 Å². The first-order chi connectivity index (χ1) is 10.3. The molecular formula is C18H17NO2. The smallest absolute Gasteiger partial charge is 0.248 e. The Bertz CT molecular complexity index is 633. The Hall–Kier alpha value is -2.81. The number of ether oxygens (including phenoxy) is 1. The number of hydrogen-bond donors (Lipinski definition) is 1. The fraction of sp³-hybridized carbons (Fsp3) is 0.0556. The van der Waals surface area contributed by atoms with Gasteiger partial charge in [0.25, 0.3) is 0 Å². The van der Waals surface area contributed by atoms with Crippen LogP contribution in [-0.4, -0.2) is 12.5 Å². The summed E-state index contributed by atoms with van der Waals surface area (Å²) in [5, 5.41) is 2.80. The summed E-state index contributed by atoms with van der Waals surface area (Å²) >= 11 is 0. The quantitative estimate of drug-likeness (QED) is 0.643. The van der Waals surface area contributed by atoms with Crippen molar-refractivity contribution in [3.05, 3.63) is 78.9 Å². The van der Waals surface area contributed by atoms with Crippen molar-refractivity contribution in [1.29, 1.82) is 0 Å². The third-order valence-electron chi connectivity index (χ3n) is 2.70. The Kier molecular flexibility index (Phi) is 5.35. The van der Waals surface area contributed by atoms with Gasteiger partial charge in [0.05, 0.1) is 0 Å². The third kappa shape index (κ3) is 4.99. The first kappa shape index (κ1) is 14.6. The molecular weight excluding hydrogens is 262 g/mol. The minimum atomic E-state index is -0.181. The minimum absolute atomic E-state index is 0.181. The molecule has 0 aromatic heterocycles. The molecule has 3 heteroatoms. The van der Waals surface area contributed by atoms with Gasteiger partial charge in [-0.3, -0.25) is 4.79 Å². The molecule has 0 unspecified atom stereocenters. The van der Waals surface area contributed by atoms with Gasteiger partial charge in [0.1, 0.15) is 12.4 Å². The molecule has 0 aliphatic carbocycles. The van der Waals surface area contributed by atoms with Crippen molar-refractivity contribution in [1.82, 2.24) is 0 Å². The van der Waals surface area contributed by atoms with E-state index in [0.717, 1.165) is 5.56 Å². The zero-order chi connectivity index (χ0) is 14.9. The number of carbonyl (C=O) groups is 1. The predicted octanol–water partition coefficient (Wildman–Crippen LogP) is 3.90. The lowest BCUT2D eigenvalue weighted by Crippen LogP contribution is -2.07. The summed E-state index contributed by atoms with van der Waals surface area (Å²) in [6.07, 6.45) is 4.95. The molecule has 2 aromatic carbocycles. The minimum Gasteiger partial charge on any atom is -0.489 e. The molecule has 106 valence electrons. The van der Waals surface area contributed by atoms with Gasteiger partial charge < -0.3 is 10.1 Å². The summed E-state index contributed by atoms with van der Waals surface area (Å²) in [5.41, 5.74) is 1.68. The van der Waals surface area contributed by atoms with E-state index in [2.05, 4.69) is 11.9 Å². The van der Waals surface area contributed by atoms with E-state index in [-0.39, 0.29) is 5.91 Å². The number of hydrogen-bond acceptors (Lipinski definition) is 2. The normalized spacial score (nSPS) is 10.3. The molecule has 3 nitrogen and oxygen atoms in total. The molecule has 21 heavy (non-hydrogen) atoms. The summed E-state index contributed by atoms with van der Waals surface area (Å²) in [4.78, 5) is 11.9. The van der Waals surface area contributed by atoms with E-state index < -0.39 is 0 Å². The highest BCUT2D eigenvalue weighted by Crippen LogP contribution is 2.17. The van der Waals surface area contributed by atoms with E-state index in [1.165, 1.54) is 6.08 Å². The van der Waals surface area contributed by atoms with Gasteiger partial charge >= 0.3 is 0 Å². The number of rotatable bonds is 6. The third-order valence-corrected chi connectivity index (χ3v) is 2.70. The van der Waals surface area contributed by atoms with Crippen molar-refractivity contribution < 1.29 is 9.53 Å². The van der Waals surface area contributed by atoms with Crippen LogP contribution >= 0.6 is 0 Å². The zero-order valence-corrected chi connectivity index (χ0v) is 11.7. The molecule has 0 atom stereocenters. The van der Waals surface area contributed by atoms with Crippen LogP contribution in [0.25, 0.3) is 6.08 Å². The maximum atomic E-state index is 11.9. The highest BCUT2D eigenvalue weighted by molar-refractivity contribution is 6.02. The monoisotopic (exact) mass is 279 g/mol. The Morgan fingerprint density at radius 2 is 1.95 bits per heavy atom. The predicted molar refractivity (Wildman–Crippen MR) is 86.2 cm³/mol. The first-order valence-corrected chi connectivity index (χ1v) is 6.66. The number of amides is 1. The van der Waals surface area contributed by atoms with E-state index in [1.807, 2.05) is 48.5 Å². The van der Waals surface area contributed by atoms with Crippen LogP contribution in [0.2, 0.25) is 0 Å². The van der Waals surface area contributed by atoms with Crippen LogP contribution in [0.5, 0.6) is 5.75 Å². The van der Waals surface area contributed by atoms with E-state index >= 15 is 0 Å². The summed E-state index contributed by atoms with van der Waals surface area (Å²) in [6, 6.07) is 16.9. The average Bonchev–Trinajstić information content (AvgIpc) is 2.52. The molecule has 1 N–H and O–H groups in total. The number of anilines is 1. The summed E-state index contributed by atoms with van der Waals surface area (Å²) < 4.78 is 5.42. The lowest BCUT2D eigenvalue weighted by atomic mass is 10.2. The van der Waals surface area contributed by atoms with Crippen molar-refractivity contribution in [2.24, 2.45) is 0 Å². The molecule has 0 aliphatic rings. The molecule has 0 fully saturated rings. The molecule has 0 aliphatic heterocycles. The van der Waals surface area contributed by atoms with Gasteiger partial charge in [0, 0.05) is 17.8 Å². The second-order valence-corrected chi connectivity index (χ2v) is 4.36. The Balaban J connectivity index is 1.96. The van der Waals surface area contributed by atoms with Crippen molar-refractivity contribution in [3.63, 3.8) is 0 Å². The molecule has 2 aromatic rings. The standard InChI is InChI=1S/C18H17NO2/c1-2-13-21-17-10-6-9-16(14-17)19-18(20)12-11-15-7-4-3-5-8-15/h2-12,14H,1,13H2,(H,19,20)/b12-11+. The van der Waals surface area contributed by atoms with Crippen LogP contribution in [0.4, 0.5) is 5.69 Å². The molecule has 2 rings (SSSR count). The fourth-order valence-corrected chi connectivity index (χ4v) is 1.74. The molecule has 0 saturated carbocycles. The largest absolute Gasteiger partial charge is 0.489 e. The van der Waals surface area contributed by atoms with Gasteiger partial charge in [0.15, 0.2) is 0 Å². The molecule has 0 bridgehead atoms. The lowest BCUT2D eigenvalue weighted by Gasteiger charge is -2.06. The fourth-order valence-electron chi connectivity index (χ4n) is 1.74. The van der Waals surface area contributed by atoms with Crippen LogP contribution in [-0.2, 0) is 4.79 Å². The molecule has 0 spiro atoms. The molecule has 0 radical (unpaired) electrons. The maximum Gasteiger partial charge on any atom is 0.248 e. The van der Waals surface area contributed by atoms with Crippen molar-refractivity contribution in [3.8, 4) is 5.75 Å². The van der Waals surface area contributed by atoms with Gasteiger partial charge in [-0.25, -0.2) is 0 Å². The van der Waals surface area contributed by atoms with Crippen molar-refractivity contribution in [2.45, 2.75) is 0 Å². The molecule has 1 amide bonds. The number of carbonyl (C=O) groups excluding carboxylic acids is 1. The second kappa shape index (κ2) is 7.70. The van der Waals surface area contributed by atoms with Crippen molar-refractivity contribution in [2.75, 3.05) is 11.9 Å². The summed E-state index contributed by atoms with van der Waals surface area (Å²) in [5.74, 6) is 0.513. The highest BCUT2D eigenvalue weighted by Gasteiger charge is 2.00. The Morgan fingerprint density at radius 1 is 1.14 bits per heavy atom. The lowest BCUT2D eigenvalue weighted by molar-refractivity contribution is -0.111. The van der Waals surface area contributed by atoms with E-state index in [0.29, 0.717) is 18.0 Å². The summed E-state index contributed by atoms with van der Waals surface area (Å²) in [6.45, 7) is 4.03. The van der Waals surface area contributed by atoms with Crippen LogP contribution < -0.4 is 10.1 Å². The van der Waals surface area contributed by atoms with Gasteiger partial charge in [-0.1, -0.05) is 49.1 Å². The van der Waals surface area contributed by atoms with E-state index in [9.17, 15) is 4.79 Å². The van der Waals surface area contributed by atoms with Crippen LogP contribution in [0.3, 0.4) is 0 Å². The van der Waals surface area contributed by atoms with Crippen LogP contribution in [0, 0.1) is 0 Å². The van der Waals surface area contributed by atoms with Gasteiger partial charge in [-0.15, -0.1) is 0 Å². The highest BCUT2D eigenvalue weighted by atomic mass is 16.5. The SMILES string of the molecule is C=CCOc1cccc(NC(=O)/C=C/c2ccccc2)c1. The first-order valence-electron chi connectivity index (χ1n) is 6.66. The van der Waals surface area contributed by atoms with E-state index in [4.69, 9.17) is 4.74 Å². The van der Waals surface area contributed by atoms with Gasteiger partial charge in [-0.2, -0.15) is 0 Å². The summed E-state index contributed by atoms with van der Waals surface area (Å²) in [7, 11) is 0. The van der Waals surface area contributed by atoms with Crippen molar-refractivity contribution >= 4 is 17.7 Å². The number of benzene rings is 2. The Labute approximate surface area is 124 Å².